The van der Waals surface area contributed by atoms with Crippen molar-refractivity contribution in [3.63, 3.8) is 0 Å². The van der Waals surface area contributed by atoms with Crippen molar-refractivity contribution >= 4 is 18.1 Å². The van der Waals surface area contributed by atoms with Gasteiger partial charge in [-0.25, -0.2) is 0 Å². The standard InChI is InChI=1S/C12H16N3OP/c1-15-7-6-11(14-15)9-4-5-10(13)12(8-9)17(2,3)16/h4-8H,13H2,1-3H3. The number of aromatic nitrogens is 2. The molecule has 0 amide bonds. The Morgan fingerprint density at radius 3 is 2.53 bits per heavy atom. The molecule has 0 atom stereocenters. The topological polar surface area (TPSA) is 60.9 Å². The number of nitrogens with two attached hydrogens (primary N) is 1. The summed E-state index contributed by atoms with van der Waals surface area (Å²) < 4.78 is 13.9. The van der Waals surface area contributed by atoms with Crippen LogP contribution in [0.3, 0.4) is 0 Å². The summed E-state index contributed by atoms with van der Waals surface area (Å²) in [5.41, 5.74) is 8.25. The van der Waals surface area contributed by atoms with Gasteiger partial charge < -0.3 is 10.3 Å². The number of aryl methyl sites for hydroxylation is 1. The van der Waals surface area contributed by atoms with E-state index in [9.17, 15) is 4.57 Å². The van der Waals surface area contributed by atoms with Gasteiger partial charge in [0, 0.05) is 29.8 Å². The van der Waals surface area contributed by atoms with E-state index in [2.05, 4.69) is 5.10 Å². The van der Waals surface area contributed by atoms with E-state index in [1.807, 2.05) is 31.4 Å². The molecule has 5 heteroatoms. The lowest BCUT2D eigenvalue weighted by Crippen LogP contribution is -2.10. The van der Waals surface area contributed by atoms with E-state index in [1.54, 1.807) is 24.1 Å². The molecule has 2 N–H and O–H groups in total. The number of anilines is 1. The first-order valence-corrected chi connectivity index (χ1v) is 7.93. The van der Waals surface area contributed by atoms with Crippen molar-refractivity contribution in [3.8, 4) is 11.3 Å². The van der Waals surface area contributed by atoms with E-state index in [1.165, 1.54) is 0 Å². The Bertz CT molecular complexity index is 598. The minimum atomic E-state index is -2.36. The number of rotatable bonds is 2. The smallest absolute Gasteiger partial charge is 0.111 e. The lowest BCUT2D eigenvalue weighted by atomic mass is 10.1. The summed E-state index contributed by atoms with van der Waals surface area (Å²) in [6.45, 7) is 3.45. The Labute approximate surface area is 101 Å². The van der Waals surface area contributed by atoms with Crippen molar-refractivity contribution in [2.75, 3.05) is 19.1 Å². The summed E-state index contributed by atoms with van der Waals surface area (Å²) in [6, 6.07) is 7.49. The Balaban J connectivity index is 2.55. The predicted molar refractivity (Wildman–Crippen MR) is 72.1 cm³/mol. The Kier molecular flexibility index (Phi) is 2.84. The molecule has 0 aliphatic rings. The lowest BCUT2D eigenvalue weighted by Gasteiger charge is -2.11. The van der Waals surface area contributed by atoms with Gasteiger partial charge in [0.2, 0.25) is 0 Å². The lowest BCUT2D eigenvalue weighted by molar-refractivity contribution is 0.588. The predicted octanol–water partition coefficient (Wildman–Crippen LogP) is 1.92. The second-order valence-electron chi connectivity index (χ2n) is 4.50. The fraction of sp³-hybridized carbons (Fsp3) is 0.250. The van der Waals surface area contributed by atoms with E-state index in [0.29, 0.717) is 5.69 Å². The van der Waals surface area contributed by atoms with E-state index >= 15 is 0 Å². The maximum atomic E-state index is 12.1. The second kappa shape index (κ2) is 4.04. The minimum absolute atomic E-state index is 0.581. The number of hydrogen-bond acceptors (Lipinski definition) is 3. The van der Waals surface area contributed by atoms with Crippen molar-refractivity contribution in [2.45, 2.75) is 0 Å². The first-order chi connectivity index (χ1) is 7.88. The van der Waals surface area contributed by atoms with Crippen molar-refractivity contribution in [1.82, 2.24) is 9.78 Å². The highest BCUT2D eigenvalue weighted by Crippen LogP contribution is 2.38. The van der Waals surface area contributed by atoms with Crippen molar-refractivity contribution in [1.29, 1.82) is 0 Å². The molecule has 0 bridgehead atoms. The van der Waals surface area contributed by atoms with Gasteiger partial charge in [-0.05, 0) is 31.5 Å². The summed E-state index contributed by atoms with van der Waals surface area (Å²) in [5, 5.41) is 5.04. The average molecular weight is 249 g/mol. The van der Waals surface area contributed by atoms with Gasteiger partial charge in [-0.15, -0.1) is 0 Å². The molecule has 4 nitrogen and oxygen atoms in total. The van der Waals surface area contributed by atoms with Gasteiger partial charge in [-0.3, -0.25) is 4.68 Å². The molecule has 2 rings (SSSR count). The molecule has 17 heavy (non-hydrogen) atoms. The molecular weight excluding hydrogens is 233 g/mol. The first-order valence-electron chi connectivity index (χ1n) is 5.33. The zero-order chi connectivity index (χ0) is 12.6. The Morgan fingerprint density at radius 2 is 2.00 bits per heavy atom. The highest BCUT2D eigenvalue weighted by molar-refractivity contribution is 7.70. The minimum Gasteiger partial charge on any atom is -0.398 e. The molecule has 0 radical (unpaired) electrons. The van der Waals surface area contributed by atoms with Gasteiger partial charge in [0.1, 0.15) is 7.14 Å². The van der Waals surface area contributed by atoms with Crippen LogP contribution < -0.4 is 11.0 Å². The molecular formula is C12H16N3OP. The van der Waals surface area contributed by atoms with Gasteiger partial charge in [0.25, 0.3) is 0 Å². The molecule has 2 aromatic rings. The van der Waals surface area contributed by atoms with Crippen molar-refractivity contribution < 1.29 is 4.57 Å². The largest absolute Gasteiger partial charge is 0.398 e. The third-order valence-corrected chi connectivity index (χ3v) is 4.17. The molecule has 90 valence electrons. The first kappa shape index (κ1) is 11.9. The molecule has 0 unspecified atom stereocenters. The molecule has 0 saturated heterocycles. The summed E-state index contributed by atoms with van der Waals surface area (Å²) >= 11 is 0. The summed E-state index contributed by atoms with van der Waals surface area (Å²) in [6.07, 6.45) is 1.88. The fourth-order valence-corrected chi connectivity index (χ4v) is 2.88. The summed E-state index contributed by atoms with van der Waals surface area (Å²) in [5.74, 6) is 0. The normalized spacial score (nSPS) is 11.7. The number of benzene rings is 1. The maximum absolute atomic E-state index is 12.1. The zero-order valence-electron chi connectivity index (χ0n) is 10.2. The van der Waals surface area contributed by atoms with Crippen LogP contribution in [0.4, 0.5) is 5.69 Å². The van der Waals surface area contributed by atoms with Gasteiger partial charge >= 0.3 is 0 Å². The molecule has 0 saturated carbocycles. The van der Waals surface area contributed by atoms with Crippen LogP contribution in [0.15, 0.2) is 30.5 Å². The van der Waals surface area contributed by atoms with E-state index < -0.39 is 7.14 Å². The van der Waals surface area contributed by atoms with Gasteiger partial charge in [0.05, 0.1) is 5.69 Å². The quantitative estimate of drug-likeness (QED) is 0.653. The van der Waals surface area contributed by atoms with Crippen molar-refractivity contribution in [2.24, 2.45) is 7.05 Å². The molecule has 0 aliphatic heterocycles. The highest BCUT2D eigenvalue weighted by Gasteiger charge is 2.16. The second-order valence-corrected chi connectivity index (χ2v) is 7.68. The SMILES string of the molecule is Cn1ccc(-c2ccc(N)c(P(C)(C)=O)c2)n1. The molecule has 0 spiro atoms. The van der Waals surface area contributed by atoms with Crippen LogP contribution >= 0.6 is 7.14 Å². The van der Waals surface area contributed by atoms with Gasteiger partial charge in [0.15, 0.2) is 0 Å². The molecule has 1 heterocycles. The molecule has 1 aromatic carbocycles. The van der Waals surface area contributed by atoms with Crippen LogP contribution in [0, 0.1) is 0 Å². The highest BCUT2D eigenvalue weighted by atomic mass is 31.2. The van der Waals surface area contributed by atoms with Gasteiger partial charge in [-0.2, -0.15) is 5.10 Å². The van der Waals surface area contributed by atoms with Gasteiger partial charge in [-0.1, -0.05) is 6.07 Å². The number of hydrogen-bond donors (Lipinski definition) is 1. The van der Waals surface area contributed by atoms with Crippen LogP contribution in [0.2, 0.25) is 0 Å². The van der Waals surface area contributed by atoms with Crippen LogP contribution in [-0.2, 0) is 11.6 Å². The summed E-state index contributed by atoms with van der Waals surface area (Å²) in [7, 11) is -0.489. The van der Waals surface area contributed by atoms with Crippen LogP contribution in [0.5, 0.6) is 0 Å². The molecule has 1 aromatic heterocycles. The van der Waals surface area contributed by atoms with Crippen LogP contribution in [-0.4, -0.2) is 23.1 Å². The number of nitrogens with zero attached hydrogens (tertiary/aromatic N) is 2. The maximum Gasteiger partial charge on any atom is 0.111 e. The Hall–Kier alpha value is -1.54. The van der Waals surface area contributed by atoms with E-state index in [4.69, 9.17) is 5.73 Å². The molecule has 0 fully saturated rings. The zero-order valence-corrected chi connectivity index (χ0v) is 11.1. The number of nitrogen functional groups attached to an aromatic ring is 1. The fourth-order valence-electron chi connectivity index (χ4n) is 1.74. The Morgan fingerprint density at radius 1 is 1.29 bits per heavy atom. The van der Waals surface area contributed by atoms with E-state index in [0.717, 1.165) is 16.6 Å². The average Bonchev–Trinajstić information content (AvgIpc) is 2.64. The molecule has 0 aliphatic carbocycles. The third kappa shape index (κ3) is 2.42. The monoisotopic (exact) mass is 249 g/mol. The summed E-state index contributed by atoms with van der Waals surface area (Å²) in [4.78, 5) is 0. The van der Waals surface area contributed by atoms with E-state index in [-0.39, 0.29) is 0 Å². The van der Waals surface area contributed by atoms with Crippen LogP contribution in [0.25, 0.3) is 11.3 Å². The van der Waals surface area contributed by atoms with Crippen LogP contribution in [0.1, 0.15) is 0 Å². The van der Waals surface area contributed by atoms with Crippen molar-refractivity contribution in [3.05, 3.63) is 30.5 Å². The third-order valence-electron chi connectivity index (χ3n) is 2.62.